The molecular weight excluding hydrogens is 147 g/mol. The Bertz CT molecular complexity index is 146. The van der Waals surface area contributed by atoms with Crippen LogP contribution in [0.2, 0.25) is 0 Å². The lowest BCUT2D eigenvalue weighted by molar-refractivity contribution is -0.305. The van der Waals surface area contributed by atoms with Crippen molar-refractivity contribution in [1.29, 1.82) is 0 Å². The summed E-state index contributed by atoms with van der Waals surface area (Å²) < 4.78 is 9.83. The molecule has 0 aliphatic heterocycles. The Kier molecular flexibility index (Phi) is 2.84. The van der Waals surface area contributed by atoms with Gasteiger partial charge >= 0.3 is 0 Å². The highest BCUT2D eigenvalue weighted by Crippen LogP contribution is 2.28. The van der Waals surface area contributed by atoms with Gasteiger partial charge in [0.1, 0.15) is 7.60 Å². The number of aliphatic carboxylic acids is 1. The van der Waals surface area contributed by atoms with Crippen molar-refractivity contribution >= 4 is 13.6 Å². The topological polar surface area (TPSA) is 100 Å². The first kappa shape index (κ1) is 8.62. The Morgan fingerprint density at radius 1 is 1.67 bits per heavy atom. The van der Waals surface area contributed by atoms with Gasteiger partial charge in [0.05, 0.1) is 0 Å². The summed E-state index contributed by atoms with van der Waals surface area (Å²) in [5.41, 5.74) is 0. The molecule has 0 bridgehead atoms. The van der Waals surface area contributed by atoms with Gasteiger partial charge in [0.15, 0.2) is 0 Å². The summed E-state index contributed by atoms with van der Waals surface area (Å²) in [7, 11) is -4.39. The van der Waals surface area contributed by atoms with Crippen molar-refractivity contribution in [2.45, 2.75) is 6.42 Å². The Hall–Kier alpha value is -0.380. The summed E-state index contributed by atoms with van der Waals surface area (Å²) in [4.78, 5) is 27.4. The van der Waals surface area contributed by atoms with E-state index in [4.69, 9.17) is 4.89 Å². The summed E-state index contributed by atoms with van der Waals surface area (Å²) in [6.45, 7) is 0. The maximum atomic E-state index is 9.83. The van der Waals surface area contributed by atoms with Crippen LogP contribution in [0.4, 0.5) is 0 Å². The number of hydrogen-bond acceptors (Lipinski definition) is 4. The molecule has 0 aliphatic rings. The quantitative estimate of drug-likeness (QED) is 0.457. The molecule has 0 aliphatic carbocycles. The molecule has 0 amide bonds. The van der Waals surface area contributed by atoms with Gasteiger partial charge < -0.3 is 24.3 Å². The van der Waals surface area contributed by atoms with E-state index in [2.05, 4.69) is 0 Å². The number of carboxylic acid groups (broad SMARTS) is 1. The second-order valence-corrected chi connectivity index (χ2v) is 3.21. The molecule has 0 radical (unpaired) electrons. The molecule has 5 nitrogen and oxygen atoms in total. The lowest BCUT2D eigenvalue weighted by Gasteiger charge is -2.14. The van der Waals surface area contributed by atoms with Gasteiger partial charge in [0.25, 0.3) is 0 Å². The summed E-state index contributed by atoms with van der Waals surface area (Å²) in [5.74, 6) is -1.49. The van der Waals surface area contributed by atoms with Crippen molar-refractivity contribution in [1.82, 2.24) is 0 Å². The minimum atomic E-state index is -4.39. The SMILES string of the molecule is O=C([O-])CCP(=O)([O-])O. The van der Waals surface area contributed by atoms with E-state index >= 15 is 0 Å². The molecule has 54 valence electrons. The average molecular weight is 152 g/mol. The van der Waals surface area contributed by atoms with E-state index in [1.54, 1.807) is 0 Å². The first-order valence-corrected chi connectivity index (χ1v) is 3.91. The van der Waals surface area contributed by atoms with Crippen molar-refractivity contribution in [2.24, 2.45) is 0 Å². The van der Waals surface area contributed by atoms with Crippen LogP contribution in [0.15, 0.2) is 0 Å². The Morgan fingerprint density at radius 2 is 2.11 bits per heavy atom. The first-order valence-electron chi connectivity index (χ1n) is 2.14. The van der Waals surface area contributed by atoms with Gasteiger partial charge in [-0.2, -0.15) is 0 Å². The highest BCUT2D eigenvalue weighted by molar-refractivity contribution is 7.50. The molecule has 1 atom stereocenters. The van der Waals surface area contributed by atoms with Crippen molar-refractivity contribution in [2.75, 3.05) is 6.16 Å². The van der Waals surface area contributed by atoms with Gasteiger partial charge in [-0.25, -0.2) is 0 Å². The molecule has 6 heteroatoms. The first-order chi connectivity index (χ1) is 3.92. The zero-order valence-electron chi connectivity index (χ0n) is 4.44. The molecule has 0 aromatic carbocycles. The lowest BCUT2D eigenvalue weighted by Crippen LogP contribution is -2.23. The smallest absolute Gasteiger partial charge is 0.132 e. The van der Waals surface area contributed by atoms with Gasteiger partial charge in [0.2, 0.25) is 0 Å². The number of carboxylic acids is 1. The average Bonchev–Trinajstić information content (AvgIpc) is 1.59. The molecule has 0 aromatic rings. The van der Waals surface area contributed by atoms with Gasteiger partial charge in [-0.3, -0.25) is 0 Å². The zero-order valence-corrected chi connectivity index (χ0v) is 5.34. The molecule has 0 fully saturated rings. The van der Waals surface area contributed by atoms with Crippen LogP contribution in [0.5, 0.6) is 0 Å². The predicted molar refractivity (Wildman–Crippen MR) is 24.3 cm³/mol. The summed E-state index contributed by atoms with van der Waals surface area (Å²) in [5, 5.41) is 9.56. The fourth-order valence-electron chi connectivity index (χ4n) is 0.233. The van der Waals surface area contributed by atoms with Crippen LogP contribution in [0.1, 0.15) is 6.42 Å². The monoisotopic (exact) mass is 152 g/mol. The van der Waals surface area contributed by atoms with Gasteiger partial charge in [-0.1, -0.05) is 0 Å². The summed E-state index contributed by atoms with van der Waals surface area (Å²) in [6, 6.07) is 0. The number of hydrogen-bond donors (Lipinski definition) is 1. The second kappa shape index (κ2) is 2.96. The van der Waals surface area contributed by atoms with E-state index in [0.29, 0.717) is 0 Å². The molecule has 9 heavy (non-hydrogen) atoms. The Balaban J connectivity index is 3.53. The normalized spacial score (nSPS) is 16.7. The van der Waals surface area contributed by atoms with Gasteiger partial charge in [-0.05, 0) is 6.42 Å². The second-order valence-electron chi connectivity index (χ2n) is 1.48. The summed E-state index contributed by atoms with van der Waals surface area (Å²) in [6.07, 6.45) is -1.41. The molecular formula is C3H5O5P-2. The maximum Gasteiger partial charge on any atom is 0.132 e. The number of carbonyl (C=O) groups is 1. The Morgan fingerprint density at radius 3 is 2.22 bits per heavy atom. The minimum Gasteiger partial charge on any atom is -0.779 e. The molecule has 0 saturated heterocycles. The third-order valence-corrected chi connectivity index (χ3v) is 1.39. The lowest BCUT2D eigenvalue weighted by atomic mass is 10.5. The molecule has 0 rings (SSSR count). The molecule has 0 spiro atoms. The highest BCUT2D eigenvalue weighted by Gasteiger charge is 1.99. The van der Waals surface area contributed by atoms with Crippen LogP contribution in [0.25, 0.3) is 0 Å². The Labute approximate surface area is 51.5 Å². The summed E-state index contributed by atoms with van der Waals surface area (Å²) >= 11 is 0. The highest BCUT2D eigenvalue weighted by atomic mass is 31.2. The van der Waals surface area contributed by atoms with Crippen LogP contribution in [0.3, 0.4) is 0 Å². The van der Waals surface area contributed by atoms with E-state index in [-0.39, 0.29) is 0 Å². The fraction of sp³-hybridized carbons (Fsp3) is 0.667. The number of carbonyl (C=O) groups excluding carboxylic acids is 1. The predicted octanol–water partition coefficient (Wildman–Crippen LogP) is -2.33. The van der Waals surface area contributed by atoms with E-state index in [1.807, 2.05) is 0 Å². The van der Waals surface area contributed by atoms with E-state index < -0.39 is 26.1 Å². The molecule has 0 heterocycles. The molecule has 1 N–H and O–H groups in total. The van der Waals surface area contributed by atoms with E-state index in [1.165, 1.54) is 0 Å². The van der Waals surface area contributed by atoms with Crippen LogP contribution in [0, 0.1) is 0 Å². The zero-order chi connectivity index (χ0) is 7.49. The van der Waals surface area contributed by atoms with Crippen molar-refractivity contribution in [3.63, 3.8) is 0 Å². The van der Waals surface area contributed by atoms with Gasteiger partial charge in [-0.15, -0.1) is 0 Å². The van der Waals surface area contributed by atoms with Crippen molar-refractivity contribution in [3.05, 3.63) is 0 Å². The van der Waals surface area contributed by atoms with Crippen LogP contribution < -0.4 is 10.00 Å². The van der Waals surface area contributed by atoms with Crippen LogP contribution in [-0.4, -0.2) is 17.0 Å². The van der Waals surface area contributed by atoms with Crippen molar-refractivity contribution in [3.8, 4) is 0 Å². The minimum absolute atomic E-state index is 0.655. The van der Waals surface area contributed by atoms with Crippen LogP contribution >= 0.6 is 7.60 Å². The van der Waals surface area contributed by atoms with E-state index in [0.717, 1.165) is 0 Å². The maximum absolute atomic E-state index is 9.83. The third-order valence-electron chi connectivity index (χ3n) is 0.599. The van der Waals surface area contributed by atoms with Crippen molar-refractivity contribution < 1.29 is 24.3 Å². The van der Waals surface area contributed by atoms with E-state index in [9.17, 15) is 19.4 Å². The molecule has 0 saturated carbocycles. The number of rotatable bonds is 3. The molecule has 0 aromatic heterocycles. The third kappa shape index (κ3) is 7.62. The van der Waals surface area contributed by atoms with Crippen LogP contribution in [-0.2, 0) is 9.36 Å². The largest absolute Gasteiger partial charge is 0.779 e. The molecule has 1 unspecified atom stereocenters. The fourth-order valence-corrected chi connectivity index (χ4v) is 0.698. The standard InChI is InChI=1S/C3H7O5P/c4-3(5)1-2-9(6,7)8/h1-2H2,(H,4,5)(H2,6,7,8)/p-2. The van der Waals surface area contributed by atoms with Gasteiger partial charge in [0, 0.05) is 12.1 Å².